The van der Waals surface area contributed by atoms with Gasteiger partial charge < -0.3 is 5.32 Å². The van der Waals surface area contributed by atoms with Crippen molar-refractivity contribution in [3.8, 4) is 0 Å². The Kier molecular flexibility index (Phi) is 4.78. The number of ketones is 1. The molecule has 0 radical (unpaired) electrons. The zero-order valence-electron chi connectivity index (χ0n) is 15.2. The molecule has 0 saturated heterocycles. The molecule has 2 aromatic heterocycles. The van der Waals surface area contributed by atoms with Crippen molar-refractivity contribution in [1.29, 1.82) is 0 Å². The van der Waals surface area contributed by atoms with E-state index in [2.05, 4.69) is 20.7 Å². The quantitative estimate of drug-likeness (QED) is 0.507. The van der Waals surface area contributed by atoms with Crippen LogP contribution in [0.5, 0.6) is 0 Å². The van der Waals surface area contributed by atoms with Gasteiger partial charge in [-0.25, -0.2) is 9.36 Å². The number of rotatable bonds is 5. The van der Waals surface area contributed by atoms with Gasteiger partial charge in [0.05, 0.1) is 23.6 Å². The predicted molar refractivity (Wildman–Crippen MR) is 99.9 cm³/mol. The highest BCUT2D eigenvalue weighted by Crippen LogP contribution is 2.22. The normalized spacial score (nSPS) is 11.6. The molecule has 0 aliphatic rings. The fourth-order valence-corrected chi connectivity index (χ4v) is 2.80. The third-order valence-corrected chi connectivity index (χ3v) is 4.26. The molecule has 2 heterocycles. The Balaban J connectivity index is 1.43. The van der Waals surface area contributed by atoms with Crippen molar-refractivity contribution >= 4 is 28.4 Å². The number of amides is 1. The van der Waals surface area contributed by atoms with Crippen molar-refractivity contribution < 1.29 is 22.8 Å². The third-order valence-electron chi connectivity index (χ3n) is 4.26. The number of hydrogen-bond acceptors (Lipinski definition) is 5. The number of halogens is 3. The molecule has 30 heavy (non-hydrogen) atoms. The highest BCUT2D eigenvalue weighted by atomic mass is 19.4. The maximum atomic E-state index is 12.5. The van der Waals surface area contributed by atoms with Crippen molar-refractivity contribution in [3.63, 3.8) is 0 Å². The molecule has 11 heteroatoms. The van der Waals surface area contributed by atoms with Crippen molar-refractivity contribution in [3.05, 3.63) is 72.1 Å². The van der Waals surface area contributed by atoms with Crippen LogP contribution in [-0.4, -0.2) is 42.6 Å². The zero-order valence-corrected chi connectivity index (χ0v) is 15.2. The molecule has 152 valence electrons. The van der Waals surface area contributed by atoms with E-state index >= 15 is 0 Å². The van der Waals surface area contributed by atoms with E-state index in [1.54, 1.807) is 15.6 Å². The monoisotopic (exact) mass is 414 g/mol. The molecule has 0 bridgehead atoms. The van der Waals surface area contributed by atoms with E-state index < -0.39 is 23.4 Å². The topological polar surface area (TPSA) is 94.7 Å². The van der Waals surface area contributed by atoms with Gasteiger partial charge >= 0.3 is 6.18 Å². The Hall–Kier alpha value is -4.02. The maximum absolute atomic E-state index is 12.5. The third kappa shape index (κ3) is 3.90. The summed E-state index contributed by atoms with van der Waals surface area (Å²) in [5.41, 5.74) is 1.52. The number of alkyl halides is 3. The molecule has 0 atom stereocenters. The number of para-hydroxylation sites is 1. The lowest BCUT2D eigenvalue weighted by atomic mass is 10.1. The van der Waals surface area contributed by atoms with E-state index in [9.17, 15) is 22.8 Å². The highest BCUT2D eigenvalue weighted by Gasteiger charge is 2.39. The van der Waals surface area contributed by atoms with Crippen LogP contribution in [0.4, 0.5) is 18.9 Å². The lowest BCUT2D eigenvalue weighted by Gasteiger charge is -2.06. The van der Waals surface area contributed by atoms with E-state index in [1.165, 1.54) is 6.20 Å². The Labute approximate surface area is 166 Å². The van der Waals surface area contributed by atoms with Gasteiger partial charge in [-0.15, -0.1) is 5.10 Å². The average molecular weight is 414 g/mol. The molecule has 1 amide bonds. The van der Waals surface area contributed by atoms with Gasteiger partial charge in [-0.2, -0.15) is 18.3 Å². The Morgan fingerprint density at radius 3 is 2.43 bits per heavy atom. The van der Waals surface area contributed by atoms with Crippen LogP contribution >= 0.6 is 0 Å². The summed E-state index contributed by atoms with van der Waals surface area (Å²) in [7, 11) is 0. The molecule has 0 aliphatic heterocycles. The molecule has 0 aliphatic carbocycles. The SMILES string of the molecule is O=C(Nc1cnn(Cn2nnc3ccccc32)c1)c1ccc(C(=O)C(F)(F)F)cc1. The van der Waals surface area contributed by atoms with Crippen molar-refractivity contribution in [2.45, 2.75) is 12.8 Å². The smallest absolute Gasteiger partial charge is 0.319 e. The molecule has 2 aromatic carbocycles. The van der Waals surface area contributed by atoms with Crippen LogP contribution in [0.1, 0.15) is 20.7 Å². The number of Topliss-reactive ketones (excluding diaryl/α,β-unsaturated/α-hetero) is 1. The van der Waals surface area contributed by atoms with Crippen LogP contribution in [-0.2, 0) is 6.67 Å². The molecule has 8 nitrogen and oxygen atoms in total. The number of carbonyl (C=O) groups is 2. The number of fused-ring (bicyclic) bond motifs is 1. The largest absolute Gasteiger partial charge is 0.454 e. The first-order valence-electron chi connectivity index (χ1n) is 8.65. The maximum Gasteiger partial charge on any atom is 0.454 e. The summed E-state index contributed by atoms with van der Waals surface area (Å²) in [4.78, 5) is 23.5. The van der Waals surface area contributed by atoms with Gasteiger partial charge in [-0.3, -0.25) is 9.59 Å². The summed E-state index contributed by atoms with van der Waals surface area (Å²) in [6.07, 6.45) is -1.96. The van der Waals surface area contributed by atoms with Gasteiger partial charge in [0.2, 0.25) is 0 Å². The van der Waals surface area contributed by atoms with Crippen LogP contribution in [0, 0.1) is 0 Å². The van der Waals surface area contributed by atoms with E-state index in [0.29, 0.717) is 5.69 Å². The minimum Gasteiger partial charge on any atom is -0.319 e. The molecule has 1 N–H and O–H groups in total. The Morgan fingerprint density at radius 2 is 1.70 bits per heavy atom. The number of carbonyl (C=O) groups excluding carboxylic acids is 2. The van der Waals surface area contributed by atoms with Crippen LogP contribution < -0.4 is 5.32 Å². The number of nitrogens with one attached hydrogen (secondary N) is 1. The molecule has 4 aromatic rings. The zero-order chi connectivity index (χ0) is 21.3. The van der Waals surface area contributed by atoms with Crippen molar-refractivity contribution in [2.24, 2.45) is 0 Å². The summed E-state index contributed by atoms with van der Waals surface area (Å²) in [5.74, 6) is -2.51. The first-order chi connectivity index (χ1) is 14.3. The van der Waals surface area contributed by atoms with E-state index in [1.807, 2.05) is 24.3 Å². The fraction of sp³-hybridized carbons (Fsp3) is 0.105. The lowest BCUT2D eigenvalue weighted by molar-refractivity contribution is -0.0885. The predicted octanol–water partition coefficient (Wildman–Crippen LogP) is 3.13. The van der Waals surface area contributed by atoms with Crippen LogP contribution in [0.15, 0.2) is 60.9 Å². The average Bonchev–Trinajstić information content (AvgIpc) is 3.34. The summed E-state index contributed by atoms with van der Waals surface area (Å²) in [5, 5.41) is 14.9. The Morgan fingerprint density at radius 1 is 1.00 bits per heavy atom. The number of hydrogen-bond donors (Lipinski definition) is 1. The second-order valence-electron chi connectivity index (χ2n) is 6.35. The highest BCUT2D eigenvalue weighted by molar-refractivity contribution is 6.05. The van der Waals surface area contributed by atoms with E-state index in [4.69, 9.17) is 0 Å². The number of aromatic nitrogens is 5. The summed E-state index contributed by atoms with van der Waals surface area (Å²) < 4.78 is 40.6. The Bertz CT molecular complexity index is 1230. The number of benzene rings is 2. The minimum absolute atomic E-state index is 0.101. The first-order valence-corrected chi connectivity index (χ1v) is 8.65. The first kappa shape index (κ1) is 19.3. The number of nitrogens with zero attached hydrogens (tertiary/aromatic N) is 5. The molecular weight excluding hydrogens is 401 g/mol. The molecule has 0 saturated carbocycles. The second kappa shape index (κ2) is 7.43. The molecule has 0 unspecified atom stereocenters. The lowest BCUT2D eigenvalue weighted by Crippen LogP contribution is -2.22. The van der Waals surface area contributed by atoms with Crippen molar-refractivity contribution in [1.82, 2.24) is 24.8 Å². The van der Waals surface area contributed by atoms with Gasteiger partial charge in [0.25, 0.3) is 11.7 Å². The summed E-state index contributed by atoms with van der Waals surface area (Å²) in [6.45, 7) is 0.268. The van der Waals surface area contributed by atoms with Gasteiger partial charge in [-0.1, -0.05) is 29.5 Å². The second-order valence-corrected chi connectivity index (χ2v) is 6.35. The number of anilines is 1. The van der Waals surface area contributed by atoms with Crippen LogP contribution in [0.25, 0.3) is 11.0 Å². The van der Waals surface area contributed by atoms with Gasteiger partial charge in [0.15, 0.2) is 0 Å². The van der Waals surface area contributed by atoms with Gasteiger partial charge in [0.1, 0.15) is 12.2 Å². The minimum atomic E-state index is -4.96. The van der Waals surface area contributed by atoms with Crippen LogP contribution in [0.3, 0.4) is 0 Å². The fourth-order valence-electron chi connectivity index (χ4n) is 2.80. The molecular formula is C19H13F3N6O2. The van der Waals surface area contributed by atoms with E-state index in [-0.39, 0.29) is 12.2 Å². The van der Waals surface area contributed by atoms with Crippen LogP contribution in [0.2, 0.25) is 0 Å². The van der Waals surface area contributed by atoms with E-state index in [0.717, 1.165) is 35.3 Å². The standard InChI is InChI=1S/C19H13F3N6O2/c20-19(21,22)17(29)12-5-7-13(8-6-12)18(30)24-14-9-23-27(10-14)11-28-16-4-2-1-3-15(16)25-26-28/h1-10H,11H2,(H,24,30). The van der Waals surface area contributed by atoms with Gasteiger partial charge in [-0.05, 0) is 24.3 Å². The molecule has 0 spiro atoms. The summed E-state index contributed by atoms with van der Waals surface area (Å²) in [6, 6.07) is 11.7. The van der Waals surface area contributed by atoms with Crippen molar-refractivity contribution in [2.75, 3.05) is 5.32 Å². The molecule has 0 fully saturated rings. The summed E-state index contributed by atoms with van der Waals surface area (Å²) >= 11 is 0. The van der Waals surface area contributed by atoms with Gasteiger partial charge in [0, 0.05) is 11.1 Å². The molecule has 4 rings (SSSR count).